The molecule has 0 atom stereocenters. The van der Waals surface area contributed by atoms with Gasteiger partial charge in [-0.3, -0.25) is 4.79 Å². The summed E-state index contributed by atoms with van der Waals surface area (Å²) >= 11 is 0. The summed E-state index contributed by atoms with van der Waals surface area (Å²) in [6.45, 7) is 3.92. The minimum Gasteiger partial charge on any atom is -0.341 e. The van der Waals surface area contributed by atoms with Gasteiger partial charge in [-0.1, -0.05) is 25.0 Å². The average molecular weight is 350 g/mol. The molecule has 1 aliphatic carbocycles. The van der Waals surface area contributed by atoms with Crippen molar-refractivity contribution in [2.24, 2.45) is 5.92 Å². The van der Waals surface area contributed by atoms with Crippen molar-refractivity contribution in [1.82, 2.24) is 9.21 Å². The highest BCUT2D eigenvalue weighted by molar-refractivity contribution is 7.89. The normalized spacial score (nSPS) is 21.0. The van der Waals surface area contributed by atoms with Gasteiger partial charge in [0.1, 0.15) is 0 Å². The Balaban J connectivity index is 1.69. The number of amides is 1. The molecule has 3 rings (SSSR count). The van der Waals surface area contributed by atoms with Gasteiger partial charge in [0.2, 0.25) is 15.9 Å². The summed E-state index contributed by atoms with van der Waals surface area (Å²) in [7, 11) is -3.48. The van der Waals surface area contributed by atoms with E-state index in [4.69, 9.17) is 0 Å². The van der Waals surface area contributed by atoms with Crippen LogP contribution in [0.15, 0.2) is 29.2 Å². The molecule has 6 heteroatoms. The molecule has 0 spiro atoms. The van der Waals surface area contributed by atoms with Crippen LogP contribution in [0, 0.1) is 12.8 Å². The Kier molecular flexibility index (Phi) is 5.25. The minimum absolute atomic E-state index is 0.157. The summed E-state index contributed by atoms with van der Waals surface area (Å²) in [6, 6.07) is 7.02. The van der Waals surface area contributed by atoms with Crippen LogP contribution in [-0.4, -0.2) is 49.7 Å². The van der Waals surface area contributed by atoms with Gasteiger partial charge in [0.25, 0.3) is 0 Å². The van der Waals surface area contributed by atoms with E-state index in [0.717, 1.165) is 31.2 Å². The molecule has 132 valence electrons. The fourth-order valence-corrected chi connectivity index (χ4v) is 5.29. The molecular formula is C18H26N2O3S. The molecule has 1 saturated carbocycles. The third-order valence-corrected chi connectivity index (χ3v) is 6.99. The van der Waals surface area contributed by atoms with Crippen molar-refractivity contribution in [2.75, 3.05) is 26.2 Å². The number of hydrogen-bond acceptors (Lipinski definition) is 3. The maximum atomic E-state index is 12.8. The highest BCUT2D eigenvalue weighted by Crippen LogP contribution is 2.27. The van der Waals surface area contributed by atoms with Crippen LogP contribution in [0.1, 0.15) is 37.7 Å². The van der Waals surface area contributed by atoms with E-state index in [0.29, 0.717) is 37.5 Å². The van der Waals surface area contributed by atoms with Crippen LogP contribution < -0.4 is 0 Å². The highest BCUT2D eigenvalue weighted by Gasteiger charge is 2.31. The fourth-order valence-electron chi connectivity index (χ4n) is 3.71. The summed E-state index contributed by atoms with van der Waals surface area (Å²) in [5.74, 6) is 0.382. The molecule has 0 bridgehead atoms. The molecule has 0 unspecified atom stereocenters. The molecule has 0 radical (unpaired) electrons. The molecule has 1 amide bonds. The largest absolute Gasteiger partial charge is 0.341 e. The first-order valence-corrected chi connectivity index (χ1v) is 10.3. The molecular weight excluding hydrogens is 324 g/mol. The molecule has 0 N–H and O–H groups in total. The van der Waals surface area contributed by atoms with Crippen LogP contribution >= 0.6 is 0 Å². The van der Waals surface area contributed by atoms with Gasteiger partial charge in [0.15, 0.2) is 0 Å². The minimum atomic E-state index is -3.48. The van der Waals surface area contributed by atoms with Crippen LogP contribution in [0.3, 0.4) is 0 Å². The zero-order chi connectivity index (χ0) is 17.2. The van der Waals surface area contributed by atoms with E-state index < -0.39 is 10.0 Å². The lowest BCUT2D eigenvalue weighted by molar-refractivity contribution is -0.135. The van der Waals surface area contributed by atoms with Crippen LogP contribution in [0.4, 0.5) is 0 Å². The zero-order valence-corrected chi connectivity index (χ0v) is 15.1. The predicted molar refractivity (Wildman–Crippen MR) is 93.1 cm³/mol. The summed E-state index contributed by atoms with van der Waals surface area (Å²) in [5, 5.41) is 0. The van der Waals surface area contributed by atoms with Crippen molar-refractivity contribution < 1.29 is 13.2 Å². The highest BCUT2D eigenvalue weighted by atomic mass is 32.2. The average Bonchev–Trinajstić information content (AvgIpc) is 2.98. The van der Waals surface area contributed by atoms with Crippen molar-refractivity contribution in [2.45, 2.75) is 43.9 Å². The van der Waals surface area contributed by atoms with E-state index in [2.05, 4.69) is 0 Å². The Labute approximate surface area is 144 Å². The first kappa shape index (κ1) is 17.4. The maximum absolute atomic E-state index is 12.8. The van der Waals surface area contributed by atoms with E-state index in [1.165, 1.54) is 4.31 Å². The van der Waals surface area contributed by atoms with E-state index in [1.807, 2.05) is 17.9 Å². The fraction of sp³-hybridized carbons (Fsp3) is 0.611. The Morgan fingerprint density at radius 3 is 2.50 bits per heavy atom. The van der Waals surface area contributed by atoms with Gasteiger partial charge >= 0.3 is 0 Å². The lowest BCUT2D eigenvalue weighted by atomic mass is 10.1. The molecule has 24 heavy (non-hydrogen) atoms. The number of benzene rings is 1. The maximum Gasteiger partial charge on any atom is 0.243 e. The third-order valence-electron chi connectivity index (χ3n) is 5.10. The summed E-state index contributed by atoms with van der Waals surface area (Å²) in [5.41, 5.74) is 0.934. The smallest absolute Gasteiger partial charge is 0.243 e. The monoisotopic (exact) mass is 350 g/mol. The van der Waals surface area contributed by atoms with Gasteiger partial charge in [-0.2, -0.15) is 4.31 Å². The Bertz CT molecular complexity index is 696. The topological polar surface area (TPSA) is 57.7 Å². The van der Waals surface area contributed by atoms with E-state index in [-0.39, 0.29) is 11.8 Å². The molecule has 1 aromatic carbocycles. The second-order valence-electron chi connectivity index (χ2n) is 6.88. The SMILES string of the molecule is Cc1cccc(S(=O)(=O)N2CCCN(C(=O)C3CCCC3)CC2)c1. The van der Waals surface area contributed by atoms with Crippen LogP contribution in [-0.2, 0) is 14.8 Å². The number of nitrogens with zero attached hydrogens (tertiary/aromatic N) is 2. The molecule has 2 aliphatic rings. The van der Waals surface area contributed by atoms with Gasteiger partial charge in [-0.05, 0) is 43.9 Å². The molecule has 5 nitrogen and oxygen atoms in total. The number of carbonyl (C=O) groups is 1. The summed E-state index contributed by atoms with van der Waals surface area (Å²) in [6.07, 6.45) is 4.95. The van der Waals surface area contributed by atoms with Crippen molar-refractivity contribution in [3.63, 3.8) is 0 Å². The van der Waals surface area contributed by atoms with Gasteiger partial charge in [0, 0.05) is 32.1 Å². The van der Waals surface area contributed by atoms with Gasteiger partial charge in [0.05, 0.1) is 4.90 Å². The molecule has 1 aromatic rings. The second-order valence-corrected chi connectivity index (χ2v) is 8.82. The first-order chi connectivity index (χ1) is 11.5. The first-order valence-electron chi connectivity index (χ1n) is 8.84. The zero-order valence-electron chi connectivity index (χ0n) is 14.3. The standard InChI is InChI=1S/C18H26N2O3S/c1-15-6-4-9-17(14-15)24(22,23)20-11-5-10-19(12-13-20)18(21)16-7-2-3-8-16/h4,6,9,14,16H,2-3,5,7-8,10-13H2,1H3. The van der Waals surface area contributed by atoms with Crippen molar-refractivity contribution in [3.05, 3.63) is 29.8 Å². The van der Waals surface area contributed by atoms with E-state index >= 15 is 0 Å². The van der Waals surface area contributed by atoms with Gasteiger partial charge in [-0.25, -0.2) is 8.42 Å². The third kappa shape index (κ3) is 3.64. The molecule has 1 saturated heterocycles. The second kappa shape index (κ2) is 7.23. The summed E-state index contributed by atoms with van der Waals surface area (Å²) in [4.78, 5) is 14.8. The Hall–Kier alpha value is -1.40. The number of carbonyl (C=O) groups excluding carboxylic acids is 1. The van der Waals surface area contributed by atoms with E-state index in [9.17, 15) is 13.2 Å². The van der Waals surface area contributed by atoms with Gasteiger partial charge in [-0.15, -0.1) is 0 Å². The van der Waals surface area contributed by atoms with Gasteiger partial charge < -0.3 is 4.90 Å². The summed E-state index contributed by atoms with van der Waals surface area (Å²) < 4.78 is 27.2. The van der Waals surface area contributed by atoms with Crippen LogP contribution in [0.5, 0.6) is 0 Å². The van der Waals surface area contributed by atoms with Crippen molar-refractivity contribution in [3.8, 4) is 0 Å². The van der Waals surface area contributed by atoms with Crippen LogP contribution in [0.2, 0.25) is 0 Å². The number of sulfonamides is 1. The van der Waals surface area contributed by atoms with Crippen molar-refractivity contribution in [1.29, 1.82) is 0 Å². The molecule has 1 aliphatic heterocycles. The lowest BCUT2D eigenvalue weighted by Crippen LogP contribution is -2.39. The molecule has 1 heterocycles. The van der Waals surface area contributed by atoms with E-state index in [1.54, 1.807) is 18.2 Å². The predicted octanol–water partition coefficient (Wildman–Crippen LogP) is 2.41. The molecule has 0 aromatic heterocycles. The number of aryl methyl sites for hydroxylation is 1. The van der Waals surface area contributed by atoms with Crippen molar-refractivity contribution >= 4 is 15.9 Å². The number of rotatable bonds is 3. The lowest BCUT2D eigenvalue weighted by Gasteiger charge is -2.24. The van der Waals surface area contributed by atoms with Crippen LogP contribution in [0.25, 0.3) is 0 Å². The molecule has 2 fully saturated rings. The Morgan fingerprint density at radius 1 is 1.04 bits per heavy atom. The Morgan fingerprint density at radius 2 is 1.79 bits per heavy atom. The number of hydrogen-bond donors (Lipinski definition) is 0. The quantitative estimate of drug-likeness (QED) is 0.841.